The molecule has 0 amide bonds. The van der Waals surface area contributed by atoms with Gasteiger partial charge in [-0.05, 0) is 25.8 Å². The minimum Gasteiger partial charge on any atom is -0.454 e. The van der Waals surface area contributed by atoms with Crippen LogP contribution in [0.5, 0.6) is 0 Å². The average molecular weight is 166 g/mol. The van der Waals surface area contributed by atoms with E-state index in [-0.39, 0.29) is 17.5 Å². The van der Waals surface area contributed by atoms with E-state index in [0.29, 0.717) is 5.92 Å². The molecule has 2 rings (SSSR count). The number of rotatable bonds is 0. The van der Waals surface area contributed by atoms with Crippen LogP contribution >= 0.6 is 0 Å². The maximum absolute atomic E-state index is 11.3. The summed E-state index contributed by atoms with van der Waals surface area (Å²) in [5.41, 5.74) is 0.932. The van der Waals surface area contributed by atoms with E-state index < -0.39 is 0 Å². The van der Waals surface area contributed by atoms with E-state index in [1.807, 2.05) is 20.8 Å². The van der Waals surface area contributed by atoms with Crippen LogP contribution in [-0.2, 0) is 9.53 Å². The molecule has 1 aliphatic carbocycles. The molecular weight excluding hydrogens is 152 g/mol. The van der Waals surface area contributed by atoms with Crippen molar-refractivity contribution in [3.8, 4) is 0 Å². The highest BCUT2D eigenvalue weighted by molar-refractivity contribution is 5.76. The van der Waals surface area contributed by atoms with Gasteiger partial charge in [0.25, 0.3) is 0 Å². The van der Waals surface area contributed by atoms with Crippen molar-refractivity contribution in [2.45, 2.75) is 32.8 Å². The predicted molar refractivity (Wildman–Crippen MR) is 45.5 cm³/mol. The quantitative estimate of drug-likeness (QED) is 0.406. The summed E-state index contributed by atoms with van der Waals surface area (Å²) in [6.07, 6.45) is 3.18. The van der Waals surface area contributed by atoms with Gasteiger partial charge in [-0.3, -0.25) is 4.79 Å². The lowest BCUT2D eigenvalue weighted by molar-refractivity contribution is -0.147. The highest BCUT2D eigenvalue weighted by Crippen LogP contribution is 2.48. The summed E-state index contributed by atoms with van der Waals surface area (Å²) < 4.78 is 5.39. The Morgan fingerprint density at radius 3 is 2.92 bits per heavy atom. The molecular formula is C10H14O2. The molecule has 0 aromatic rings. The zero-order chi connectivity index (χ0) is 8.93. The number of hydrogen-bond acceptors (Lipinski definition) is 2. The zero-order valence-corrected chi connectivity index (χ0v) is 7.76. The van der Waals surface area contributed by atoms with Gasteiger partial charge in [0, 0.05) is 5.92 Å². The summed E-state index contributed by atoms with van der Waals surface area (Å²) in [6.45, 7) is 6.04. The molecule has 0 aromatic carbocycles. The second-order valence-corrected chi connectivity index (χ2v) is 4.05. The molecule has 2 nitrogen and oxygen atoms in total. The van der Waals surface area contributed by atoms with Crippen LogP contribution in [0.15, 0.2) is 11.6 Å². The third-order valence-electron chi connectivity index (χ3n) is 3.46. The lowest BCUT2D eigenvalue weighted by Crippen LogP contribution is -2.30. The standard InChI is InChI=1S/C10H14O2/c1-6-4-5-8-7(2)9(11)12-10(6,8)3/h4,7-8H,5H2,1-3H3/t7-,8+,10+/m1/s1. The highest BCUT2D eigenvalue weighted by atomic mass is 16.6. The second kappa shape index (κ2) is 2.12. The number of fused-ring (bicyclic) bond motifs is 1. The lowest BCUT2D eigenvalue weighted by Gasteiger charge is -2.25. The number of esters is 1. The van der Waals surface area contributed by atoms with E-state index in [4.69, 9.17) is 4.74 Å². The first-order valence-corrected chi connectivity index (χ1v) is 4.46. The molecule has 1 fully saturated rings. The number of hydrogen-bond donors (Lipinski definition) is 0. The molecule has 0 spiro atoms. The summed E-state index contributed by atoms with van der Waals surface area (Å²) in [4.78, 5) is 11.3. The van der Waals surface area contributed by atoms with Crippen LogP contribution in [0.1, 0.15) is 27.2 Å². The molecule has 2 aliphatic rings. The fraction of sp³-hybridized carbons (Fsp3) is 0.700. The molecule has 1 heterocycles. The van der Waals surface area contributed by atoms with Crippen molar-refractivity contribution in [2.24, 2.45) is 11.8 Å². The van der Waals surface area contributed by atoms with Crippen LogP contribution in [-0.4, -0.2) is 11.6 Å². The smallest absolute Gasteiger partial charge is 0.309 e. The summed E-state index contributed by atoms with van der Waals surface area (Å²) >= 11 is 0. The molecule has 1 aliphatic heterocycles. The van der Waals surface area contributed by atoms with E-state index in [9.17, 15) is 4.79 Å². The van der Waals surface area contributed by atoms with Crippen LogP contribution in [0, 0.1) is 11.8 Å². The normalized spacial score (nSPS) is 45.6. The number of allylic oxidation sites excluding steroid dienone is 1. The molecule has 66 valence electrons. The largest absolute Gasteiger partial charge is 0.454 e. The molecule has 0 N–H and O–H groups in total. The van der Waals surface area contributed by atoms with Crippen molar-refractivity contribution in [2.75, 3.05) is 0 Å². The van der Waals surface area contributed by atoms with Crippen molar-refractivity contribution in [3.63, 3.8) is 0 Å². The first-order valence-electron chi connectivity index (χ1n) is 4.46. The Kier molecular flexibility index (Phi) is 1.39. The minimum atomic E-state index is -0.281. The highest BCUT2D eigenvalue weighted by Gasteiger charge is 2.53. The van der Waals surface area contributed by atoms with Gasteiger partial charge >= 0.3 is 5.97 Å². The van der Waals surface area contributed by atoms with E-state index >= 15 is 0 Å². The molecule has 2 heteroatoms. The van der Waals surface area contributed by atoms with Gasteiger partial charge in [0.05, 0.1) is 5.92 Å². The van der Waals surface area contributed by atoms with Crippen molar-refractivity contribution >= 4 is 5.97 Å². The van der Waals surface area contributed by atoms with E-state index in [2.05, 4.69) is 6.08 Å². The van der Waals surface area contributed by atoms with E-state index in [1.165, 1.54) is 5.57 Å². The van der Waals surface area contributed by atoms with Gasteiger partial charge in [0.2, 0.25) is 0 Å². The van der Waals surface area contributed by atoms with Crippen LogP contribution < -0.4 is 0 Å². The first kappa shape index (κ1) is 7.84. The molecule has 0 saturated carbocycles. The monoisotopic (exact) mass is 166 g/mol. The number of carbonyl (C=O) groups excluding carboxylic acids is 1. The molecule has 0 bridgehead atoms. The fourth-order valence-corrected chi connectivity index (χ4v) is 2.33. The Balaban J connectivity index is 2.37. The SMILES string of the molecule is CC1=CC[C@H]2[C@@H](C)C(=O)O[C@@]12C. The Hall–Kier alpha value is -0.790. The molecule has 0 radical (unpaired) electrons. The fourth-order valence-electron chi connectivity index (χ4n) is 2.33. The van der Waals surface area contributed by atoms with Gasteiger partial charge in [-0.2, -0.15) is 0 Å². The summed E-state index contributed by atoms with van der Waals surface area (Å²) in [6, 6.07) is 0. The summed E-state index contributed by atoms with van der Waals surface area (Å²) in [5.74, 6) is 0.420. The topological polar surface area (TPSA) is 26.3 Å². The summed E-state index contributed by atoms with van der Waals surface area (Å²) in [7, 11) is 0. The zero-order valence-electron chi connectivity index (χ0n) is 7.76. The van der Waals surface area contributed by atoms with Crippen LogP contribution in [0.3, 0.4) is 0 Å². The third-order valence-corrected chi connectivity index (χ3v) is 3.46. The molecule has 12 heavy (non-hydrogen) atoms. The lowest BCUT2D eigenvalue weighted by atomic mass is 9.83. The van der Waals surface area contributed by atoms with Crippen LogP contribution in [0.2, 0.25) is 0 Å². The Morgan fingerprint density at radius 2 is 2.33 bits per heavy atom. The molecule has 1 saturated heterocycles. The first-order chi connectivity index (χ1) is 5.55. The van der Waals surface area contributed by atoms with Gasteiger partial charge in [-0.1, -0.05) is 13.0 Å². The van der Waals surface area contributed by atoms with Crippen molar-refractivity contribution in [1.82, 2.24) is 0 Å². The Morgan fingerprint density at radius 1 is 1.67 bits per heavy atom. The third kappa shape index (κ3) is 0.728. The second-order valence-electron chi connectivity index (χ2n) is 4.05. The van der Waals surface area contributed by atoms with Gasteiger partial charge in [0.1, 0.15) is 5.60 Å². The molecule has 3 atom stereocenters. The maximum Gasteiger partial charge on any atom is 0.309 e. The summed E-state index contributed by atoms with van der Waals surface area (Å²) in [5, 5.41) is 0. The predicted octanol–water partition coefficient (Wildman–Crippen LogP) is 1.90. The van der Waals surface area contributed by atoms with Gasteiger partial charge in [-0.15, -0.1) is 0 Å². The van der Waals surface area contributed by atoms with Crippen LogP contribution in [0.25, 0.3) is 0 Å². The van der Waals surface area contributed by atoms with E-state index in [1.54, 1.807) is 0 Å². The molecule has 0 unspecified atom stereocenters. The Bertz CT molecular complexity index is 267. The van der Waals surface area contributed by atoms with Gasteiger partial charge < -0.3 is 4.74 Å². The van der Waals surface area contributed by atoms with Crippen LogP contribution in [0.4, 0.5) is 0 Å². The maximum atomic E-state index is 11.3. The Labute approximate surface area is 72.6 Å². The van der Waals surface area contributed by atoms with Crippen molar-refractivity contribution in [1.29, 1.82) is 0 Å². The van der Waals surface area contributed by atoms with Gasteiger partial charge in [-0.25, -0.2) is 0 Å². The number of carbonyl (C=O) groups is 1. The number of ether oxygens (including phenoxy) is 1. The minimum absolute atomic E-state index is 0.0325. The van der Waals surface area contributed by atoms with Gasteiger partial charge in [0.15, 0.2) is 0 Å². The average Bonchev–Trinajstić information content (AvgIpc) is 2.38. The van der Waals surface area contributed by atoms with Crippen molar-refractivity contribution < 1.29 is 9.53 Å². The van der Waals surface area contributed by atoms with E-state index in [0.717, 1.165) is 6.42 Å². The van der Waals surface area contributed by atoms with Crippen molar-refractivity contribution in [3.05, 3.63) is 11.6 Å². The molecule has 0 aromatic heterocycles.